The SMILES string of the molecule is Cc1ccc(C)c(OCCCCC(=O)Nc2ccc(F)cc2C)c1. The van der Waals surface area contributed by atoms with Crippen molar-refractivity contribution in [3.8, 4) is 5.75 Å². The van der Waals surface area contributed by atoms with Crippen molar-refractivity contribution < 1.29 is 13.9 Å². The number of unbranched alkanes of at least 4 members (excludes halogenated alkanes) is 1. The maximum absolute atomic E-state index is 13.0. The largest absolute Gasteiger partial charge is 0.493 e. The van der Waals surface area contributed by atoms with E-state index < -0.39 is 0 Å². The van der Waals surface area contributed by atoms with E-state index in [1.807, 2.05) is 26.0 Å². The molecule has 2 rings (SSSR count). The summed E-state index contributed by atoms with van der Waals surface area (Å²) in [7, 11) is 0. The number of aryl methyl sites for hydroxylation is 3. The van der Waals surface area contributed by atoms with Gasteiger partial charge in [0.15, 0.2) is 0 Å². The molecule has 128 valence electrons. The summed E-state index contributed by atoms with van der Waals surface area (Å²) in [5.41, 5.74) is 3.67. The first-order valence-electron chi connectivity index (χ1n) is 8.22. The quantitative estimate of drug-likeness (QED) is 0.731. The second kappa shape index (κ2) is 8.48. The fraction of sp³-hybridized carbons (Fsp3) is 0.350. The van der Waals surface area contributed by atoms with Crippen molar-refractivity contribution in [1.29, 1.82) is 0 Å². The van der Waals surface area contributed by atoms with Crippen LogP contribution in [0.1, 0.15) is 36.0 Å². The summed E-state index contributed by atoms with van der Waals surface area (Å²) in [6.45, 7) is 6.42. The molecular weight excluding hydrogens is 305 g/mol. The standard InChI is InChI=1S/C20H24FNO2/c1-14-7-8-15(2)19(12-14)24-11-5-4-6-20(23)22-18-10-9-17(21)13-16(18)3/h7-10,12-13H,4-6,11H2,1-3H3,(H,22,23). The van der Waals surface area contributed by atoms with Crippen molar-refractivity contribution in [3.05, 3.63) is 58.9 Å². The van der Waals surface area contributed by atoms with E-state index in [-0.39, 0.29) is 11.7 Å². The van der Waals surface area contributed by atoms with Crippen LogP contribution in [0, 0.1) is 26.6 Å². The summed E-state index contributed by atoms with van der Waals surface area (Å²) in [4.78, 5) is 11.9. The van der Waals surface area contributed by atoms with Gasteiger partial charge in [0, 0.05) is 12.1 Å². The number of nitrogens with one attached hydrogen (secondary N) is 1. The average molecular weight is 329 g/mol. The first-order valence-corrected chi connectivity index (χ1v) is 8.22. The van der Waals surface area contributed by atoms with Gasteiger partial charge in [-0.1, -0.05) is 12.1 Å². The first-order chi connectivity index (χ1) is 11.5. The second-order valence-corrected chi connectivity index (χ2v) is 6.08. The molecular formula is C20H24FNO2. The molecule has 0 unspecified atom stereocenters. The highest BCUT2D eigenvalue weighted by molar-refractivity contribution is 5.91. The lowest BCUT2D eigenvalue weighted by Gasteiger charge is -2.10. The molecule has 0 saturated heterocycles. The molecule has 2 aromatic rings. The Kier molecular flexibility index (Phi) is 6.36. The highest BCUT2D eigenvalue weighted by Gasteiger charge is 2.06. The van der Waals surface area contributed by atoms with Crippen molar-refractivity contribution in [2.75, 3.05) is 11.9 Å². The van der Waals surface area contributed by atoms with Crippen LogP contribution in [0.25, 0.3) is 0 Å². The minimum Gasteiger partial charge on any atom is -0.493 e. The van der Waals surface area contributed by atoms with Gasteiger partial charge in [-0.3, -0.25) is 4.79 Å². The second-order valence-electron chi connectivity index (χ2n) is 6.08. The highest BCUT2D eigenvalue weighted by atomic mass is 19.1. The smallest absolute Gasteiger partial charge is 0.224 e. The van der Waals surface area contributed by atoms with E-state index in [0.717, 1.165) is 29.7 Å². The molecule has 0 aliphatic rings. The number of amides is 1. The monoisotopic (exact) mass is 329 g/mol. The Labute approximate surface area is 142 Å². The Morgan fingerprint density at radius 2 is 1.83 bits per heavy atom. The van der Waals surface area contributed by atoms with Crippen molar-refractivity contribution >= 4 is 11.6 Å². The van der Waals surface area contributed by atoms with Gasteiger partial charge in [0.2, 0.25) is 5.91 Å². The van der Waals surface area contributed by atoms with Gasteiger partial charge < -0.3 is 10.1 Å². The zero-order valence-electron chi connectivity index (χ0n) is 14.5. The highest BCUT2D eigenvalue weighted by Crippen LogP contribution is 2.19. The van der Waals surface area contributed by atoms with Gasteiger partial charge >= 0.3 is 0 Å². The molecule has 2 aromatic carbocycles. The van der Waals surface area contributed by atoms with Crippen LogP contribution in [0.4, 0.5) is 10.1 Å². The van der Waals surface area contributed by atoms with E-state index in [1.165, 1.54) is 17.7 Å². The van der Waals surface area contributed by atoms with Crippen LogP contribution in [-0.4, -0.2) is 12.5 Å². The van der Waals surface area contributed by atoms with Crippen LogP contribution < -0.4 is 10.1 Å². The average Bonchev–Trinajstić information content (AvgIpc) is 2.53. The fourth-order valence-electron chi connectivity index (χ4n) is 2.41. The van der Waals surface area contributed by atoms with Crippen molar-refractivity contribution in [2.45, 2.75) is 40.0 Å². The summed E-state index contributed by atoms with van der Waals surface area (Å²) in [5.74, 6) is 0.548. The minimum atomic E-state index is -0.297. The predicted octanol–water partition coefficient (Wildman–Crippen LogP) is 4.94. The molecule has 0 aliphatic carbocycles. The van der Waals surface area contributed by atoms with E-state index in [4.69, 9.17) is 4.74 Å². The Bertz CT molecular complexity index is 713. The molecule has 1 amide bonds. The van der Waals surface area contributed by atoms with Crippen LogP contribution in [0.5, 0.6) is 5.75 Å². The topological polar surface area (TPSA) is 38.3 Å². The van der Waals surface area contributed by atoms with E-state index >= 15 is 0 Å². The maximum atomic E-state index is 13.0. The molecule has 0 aliphatic heterocycles. The number of halogens is 1. The zero-order chi connectivity index (χ0) is 17.5. The summed E-state index contributed by atoms with van der Waals surface area (Å²) in [6.07, 6.45) is 1.98. The third-order valence-corrected chi connectivity index (χ3v) is 3.86. The lowest BCUT2D eigenvalue weighted by molar-refractivity contribution is -0.116. The van der Waals surface area contributed by atoms with Crippen molar-refractivity contribution in [1.82, 2.24) is 0 Å². The molecule has 0 aromatic heterocycles. The van der Waals surface area contributed by atoms with Crippen molar-refractivity contribution in [2.24, 2.45) is 0 Å². The molecule has 4 heteroatoms. The van der Waals surface area contributed by atoms with Crippen LogP contribution in [0.15, 0.2) is 36.4 Å². The normalized spacial score (nSPS) is 10.5. The molecule has 0 saturated carbocycles. The maximum Gasteiger partial charge on any atom is 0.224 e. The number of carbonyl (C=O) groups excluding carboxylic acids is 1. The zero-order valence-corrected chi connectivity index (χ0v) is 14.5. The van der Waals surface area contributed by atoms with Crippen LogP contribution in [0.3, 0.4) is 0 Å². The number of carbonyl (C=O) groups is 1. The Morgan fingerprint density at radius 3 is 2.58 bits per heavy atom. The molecule has 0 bridgehead atoms. The lowest BCUT2D eigenvalue weighted by Crippen LogP contribution is -2.12. The van der Waals surface area contributed by atoms with Gasteiger partial charge in [0.25, 0.3) is 0 Å². The Balaban J connectivity index is 1.70. The molecule has 0 atom stereocenters. The van der Waals surface area contributed by atoms with Gasteiger partial charge in [-0.05, 0) is 74.6 Å². The number of hydrogen-bond acceptors (Lipinski definition) is 2. The summed E-state index contributed by atoms with van der Waals surface area (Å²) in [6, 6.07) is 10.5. The molecule has 0 heterocycles. The van der Waals surface area contributed by atoms with Gasteiger partial charge in [0.1, 0.15) is 11.6 Å². The minimum absolute atomic E-state index is 0.0588. The molecule has 1 N–H and O–H groups in total. The third-order valence-electron chi connectivity index (χ3n) is 3.86. The van der Waals surface area contributed by atoms with Gasteiger partial charge in [-0.15, -0.1) is 0 Å². The van der Waals surface area contributed by atoms with Gasteiger partial charge in [-0.2, -0.15) is 0 Å². The van der Waals surface area contributed by atoms with E-state index in [0.29, 0.717) is 18.7 Å². The van der Waals surface area contributed by atoms with Gasteiger partial charge in [-0.25, -0.2) is 4.39 Å². The number of anilines is 1. The summed E-state index contributed by atoms with van der Waals surface area (Å²) in [5, 5.41) is 2.82. The number of hydrogen-bond donors (Lipinski definition) is 1. The molecule has 0 fully saturated rings. The number of ether oxygens (including phenoxy) is 1. The summed E-state index contributed by atoms with van der Waals surface area (Å²) >= 11 is 0. The van der Waals surface area contributed by atoms with E-state index in [9.17, 15) is 9.18 Å². The first kappa shape index (κ1) is 18.0. The molecule has 24 heavy (non-hydrogen) atoms. The van der Waals surface area contributed by atoms with Crippen LogP contribution in [0.2, 0.25) is 0 Å². The third kappa shape index (κ3) is 5.37. The molecule has 0 spiro atoms. The Hall–Kier alpha value is -2.36. The number of benzene rings is 2. The molecule has 3 nitrogen and oxygen atoms in total. The molecule has 0 radical (unpaired) electrons. The van der Waals surface area contributed by atoms with Gasteiger partial charge in [0.05, 0.1) is 6.61 Å². The van der Waals surface area contributed by atoms with E-state index in [1.54, 1.807) is 13.0 Å². The van der Waals surface area contributed by atoms with Crippen LogP contribution >= 0.6 is 0 Å². The lowest BCUT2D eigenvalue weighted by atomic mass is 10.1. The summed E-state index contributed by atoms with van der Waals surface area (Å²) < 4.78 is 18.8. The van der Waals surface area contributed by atoms with Crippen LogP contribution in [-0.2, 0) is 4.79 Å². The Morgan fingerprint density at radius 1 is 1.04 bits per heavy atom. The van der Waals surface area contributed by atoms with Crippen molar-refractivity contribution in [3.63, 3.8) is 0 Å². The number of rotatable bonds is 7. The predicted molar refractivity (Wildman–Crippen MR) is 95.0 cm³/mol. The fourth-order valence-corrected chi connectivity index (χ4v) is 2.41. The van der Waals surface area contributed by atoms with E-state index in [2.05, 4.69) is 11.4 Å².